The van der Waals surface area contributed by atoms with Crippen LogP contribution in [0.5, 0.6) is 0 Å². The average molecular weight is 384 g/mol. The standard InChI is InChI=1S/C18H17FN6OS/c1-2-23-10-7-14(22-23)17(26)25(12-11-24-9-4-8-20-24)18-21-16-13(19)5-3-6-15(16)27-18/h3-10H,2,11-12H2,1H3. The summed E-state index contributed by atoms with van der Waals surface area (Å²) in [5.74, 6) is -0.668. The van der Waals surface area contributed by atoms with Crippen molar-refractivity contribution < 1.29 is 9.18 Å². The maximum Gasteiger partial charge on any atom is 0.280 e. The van der Waals surface area contributed by atoms with Gasteiger partial charge in [-0.25, -0.2) is 9.37 Å². The van der Waals surface area contributed by atoms with Crippen molar-refractivity contribution in [2.75, 3.05) is 11.4 Å². The molecule has 138 valence electrons. The normalized spacial score (nSPS) is 11.2. The Balaban J connectivity index is 1.69. The minimum absolute atomic E-state index is 0.270. The van der Waals surface area contributed by atoms with E-state index in [0.717, 1.165) is 0 Å². The molecule has 7 nitrogen and oxygen atoms in total. The number of halogens is 1. The van der Waals surface area contributed by atoms with Crippen molar-refractivity contribution in [2.24, 2.45) is 0 Å². The highest BCUT2D eigenvalue weighted by molar-refractivity contribution is 7.22. The van der Waals surface area contributed by atoms with Crippen LogP contribution < -0.4 is 4.90 Å². The lowest BCUT2D eigenvalue weighted by molar-refractivity contribution is 0.0980. The van der Waals surface area contributed by atoms with Gasteiger partial charge in [-0.05, 0) is 31.2 Å². The summed E-state index contributed by atoms with van der Waals surface area (Å²) in [6.45, 7) is 3.46. The summed E-state index contributed by atoms with van der Waals surface area (Å²) in [6, 6.07) is 8.30. The highest BCUT2D eigenvalue weighted by Crippen LogP contribution is 2.31. The minimum Gasteiger partial charge on any atom is -0.281 e. The summed E-state index contributed by atoms with van der Waals surface area (Å²) in [5.41, 5.74) is 0.602. The lowest BCUT2D eigenvalue weighted by Gasteiger charge is -2.18. The minimum atomic E-state index is -0.398. The van der Waals surface area contributed by atoms with E-state index in [0.29, 0.717) is 35.2 Å². The van der Waals surface area contributed by atoms with E-state index in [2.05, 4.69) is 15.2 Å². The maximum absolute atomic E-state index is 14.1. The van der Waals surface area contributed by atoms with Crippen LogP contribution in [0.4, 0.5) is 9.52 Å². The van der Waals surface area contributed by atoms with Gasteiger partial charge in [-0.2, -0.15) is 10.2 Å². The third-order valence-corrected chi connectivity index (χ3v) is 5.17. The Bertz CT molecular complexity index is 1070. The van der Waals surface area contributed by atoms with Crippen molar-refractivity contribution in [1.29, 1.82) is 0 Å². The molecule has 0 radical (unpaired) electrons. The Labute approximate surface area is 158 Å². The number of aromatic nitrogens is 5. The largest absolute Gasteiger partial charge is 0.281 e. The fraction of sp³-hybridized carbons (Fsp3) is 0.222. The smallest absolute Gasteiger partial charge is 0.280 e. The molecule has 3 aromatic heterocycles. The number of rotatable bonds is 6. The molecule has 0 spiro atoms. The van der Waals surface area contributed by atoms with Gasteiger partial charge in [-0.15, -0.1) is 0 Å². The van der Waals surface area contributed by atoms with Crippen LogP contribution in [0.15, 0.2) is 48.9 Å². The van der Waals surface area contributed by atoms with Crippen LogP contribution in [0.2, 0.25) is 0 Å². The molecule has 0 aliphatic carbocycles. The molecule has 0 N–H and O–H groups in total. The number of nitrogens with zero attached hydrogens (tertiary/aromatic N) is 6. The van der Waals surface area contributed by atoms with Gasteiger partial charge in [0.15, 0.2) is 10.8 Å². The number of hydrogen-bond donors (Lipinski definition) is 0. The number of para-hydroxylation sites is 1. The summed E-state index contributed by atoms with van der Waals surface area (Å²) < 4.78 is 18.2. The van der Waals surface area contributed by atoms with Crippen LogP contribution in [0, 0.1) is 5.82 Å². The van der Waals surface area contributed by atoms with E-state index < -0.39 is 5.82 Å². The molecular weight excluding hydrogens is 367 g/mol. The van der Waals surface area contributed by atoms with Gasteiger partial charge in [0.1, 0.15) is 11.3 Å². The number of carbonyl (C=O) groups is 1. The van der Waals surface area contributed by atoms with Crippen LogP contribution in [-0.2, 0) is 13.1 Å². The number of aryl methyl sites for hydroxylation is 1. The van der Waals surface area contributed by atoms with Crippen molar-refractivity contribution in [1.82, 2.24) is 24.5 Å². The molecule has 4 rings (SSSR count). The molecule has 1 amide bonds. The number of amides is 1. The van der Waals surface area contributed by atoms with Crippen LogP contribution in [0.1, 0.15) is 17.4 Å². The number of benzene rings is 1. The monoisotopic (exact) mass is 384 g/mol. The highest BCUT2D eigenvalue weighted by atomic mass is 32.1. The third-order valence-electron chi connectivity index (χ3n) is 4.13. The zero-order chi connectivity index (χ0) is 18.8. The second kappa shape index (κ2) is 7.28. The van der Waals surface area contributed by atoms with Gasteiger partial charge in [0, 0.05) is 31.7 Å². The quantitative estimate of drug-likeness (QED) is 0.512. The van der Waals surface area contributed by atoms with Crippen molar-refractivity contribution in [3.05, 3.63) is 60.4 Å². The Kier molecular flexibility index (Phi) is 4.68. The molecule has 3 heterocycles. The third kappa shape index (κ3) is 3.45. The molecule has 0 aliphatic heterocycles. The van der Waals surface area contributed by atoms with Crippen LogP contribution in [0.25, 0.3) is 10.2 Å². The maximum atomic E-state index is 14.1. The molecule has 0 aliphatic rings. The van der Waals surface area contributed by atoms with E-state index in [-0.39, 0.29) is 11.4 Å². The molecule has 0 unspecified atom stereocenters. The number of carbonyl (C=O) groups excluding carboxylic acids is 1. The molecule has 1 aromatic carbocycles. The average Bonchev–Trinajstić information content (AvgIpc) is 3.42. The van der Waals surface area contributed by atoms with Gasteiger partial charge in [-0.1, -0.05) is 17.4 Å². The van der Waals surface area contributed by atoms with Gasteiger partial charge in [-0.3, -0.25) is 19.1 Å². The van der Waals surface area contributed by atoms with Crippen LogP contribution >= 0.6 is 11.3 Å². The van der Waals surface area contributed by atoms with Crippen molar-refractivity contribution >= 4 is 32.6 Å². The summed E-state index contributed by atoms with van der Waals surface area (Å²) in [7, 11) is 0. The van der Waals surface area contributed by atoms with Gasteiger partial charge in [0.25, 0.3) is 5.91 Å². The van der Waals surface area contributed by atoms with Crippen LogP contribution in [0.3, 0.4) is 0 Å². The molecule has 0 saturated carbocycles. The number of hydrogen-bond acceptors (Lipinski definition) is 5. The van der Waals surface area contributed by atoms with E-state index in [1.165, 1.54) is 22.3 Å². The molecule has 9 heteroatoms. The Hall–Kier alpha value is -3.07. The first-order valence-electron chi connectivity index (χ1n) is 8.53. The van der Waals surface area contributed by atoms with Crippen molar-refractivity contribution in [2.45, 2.75) is 20.0 Å². The van der Waals surface area contributed by atoms with Gasteiger partial charge in [0.2, 0.25) is 0 Å². The van der Waals surface area contributed by atoms with E-state index in [4.69, 9.17) is 0 Å². The first-order valence-corrected chi connectivity index (χ1v) is 9.35. The van der Waals surface area contributed by atoms with Gasteiger partial charge >= 0.3 is 0 Å². The van der Waals surface area contributed by atoms with Gasteiger partial charge < -0.3 is 0 Å². The summed E-state index contributed by atoms with van der Waals surface area (Å²) in [6.07, 6.45) is 5.27. The molecule has 0 fully saturated rings. The summed E-state index contributed by atoms with van der Waals surface area (Å²) >= 11 is 1.28. The first-order chi connectivity index (χ1) is 13.2. The summed E-state index contributed by atoms with van der Waals surface area (Å²) in [4.78, 5) is 19.0. The molecule has 0 bridgehead atoms. The lowest BCUT2D eigenvalue weighted by Crippen LogP contribution is -2.34. The lowest BCUT2D eigenvalue weighted by atomic mass is 10.3. The van der Waals surface area contributed by atoms with Gasteiger partial charge in [0.05, 0.1) is 11.2 Å². The zero-order valence-electron chi connectivity index (χ0n) is 14.6. The number of thiazole rings is 1. The van der Waals surface area contributed by atoms with E-state index >= 15 is 0 Å². The fourth-order valence-electron chi connectivity index (χ4n) is 2.73. The summed E-state index contributed by atoms with van der Waals surface area (Å²) in [5, 5.41) is 8.91. The van der Waals surface area contributed by atoms with E-state index in [9.17, 15) is 9.18 Å². The highest BCUT2D eigenvalue weighted by Gasteiger charge is 2.24. The molecule has 0 atom stereocenters. The van der Waals surface area contributed by atoms with Crippen molar-refractivity contribution in [3.63, 3.8) is 0 Å². The van der Waals surface area contributed by atoms with E-state index in [1.807, 2.05) is 19.2 Å². The van der Waals surface area contributed by atoms with Crippen molar-refractivity contribution in [3.8, 4) is 0 Å². The predicted molar refractivity (Wildman–Crippen MR) is 101 cm³/mol. The fourth-order valence-corrected chi connectivity index (χ4v) is 3.73. The SMILES string of the molecule is CCn1ccc(C(=O)N(CCn2cccn2)c2nc3c(F)cccc3s2)n1. The van der Waals surface area contributed by atoms with E-state index in [1.54, 1.807) is 40.0 Å². The predicted octanol–water partition coefficient (Wildman–Crippen LogP) is 3.20. The molecule has 4 aromatic rings. The molecule has 0 saturated heterocycles. The zero-order valence-corrected chi connectivity index (χ0v) is 15.4. The Morgan fingerprint density at radius 3 is 2.81 bits per heavy atom. The Morgan fingerprint density at radius 2 is 2.11 bits per heavy atom. The first kappa shape index (κ1) is 17.3. The Morgan fingerprint density at radius 1 is 1.22 bits per heavy atom. The van der Waals surface area contributed by atoms with Crippen LogP contribution in [-0.4, -0.2) is 37.0 Å². The second-order valence-corrected chi connectivity index (χ2v) is 6.87. The topological polar surface area (TPSA) is 68.8 Å². The number of fused-ring (bicyclic) bond motifs is 1. The molecular formula is C18H17FN6OS. The molecule has 27 heavy (non-hydrogen) atoms. The second-order valence-electron chi connectivity index (χ2n) is 5.87. The number of anilines is 1.